The summed E-state index contributed by atoms with van der Waals surface area (Å²) in [6.45, 7) is 1.24. The van der Waals surface area contributed by atoms with Gasteiger partial charge in [-0.15, -0.1) is 0 Å². The van der Waals surface area contributed by atoms with Crippen molar-refractivity contribution in [3.05, 3.63) is 71.9 Å². The average molecular weight is 1030 g/mol. The third-order valence-electron chi connectivity index (χ3n) is 11.9. The standard InChI is InChI=1S/C48H71N17O9/c1-27(66)59-33(15-8-22-56-47(51)52)41(69)62-35-17-18-39(67)55-21-7-14-32(40(50)68)60-46(74)38(25-29-26-58-31-13-6-5-12-30(29)31)65-42(70)34(16-9-23-57-48(53)54)61-45(73)37(24-28-10-3-2-4-11-28)64-44(72)36(19-20-49)63-43(35)71/h2-6,10-13,26,32-38,58H,7-9,14-25,49H2,1H3,(H2,50,68)(H,55,67)(H,59,66)(H,60,74)(H,61,73)(H,62,69)(H,63,71)(H,64,72)(H,65,70)(H4,51,52,56)(H4,53,54,57)/t32-,33-,34-,35?,36-,37+,38-/m0/s1. The summed E-state index contributed by atoms with van der Waals surface area (Å²) in [5.41, 5.74) is 35.7. The van der Waals surface area contributed by atoms with E-state index in [4.69, 9.17) is 34.4 Å². The van der Waals surface area contributed by atoms with Gasteiger partial charge >= 0.3 is 0 Å². The van der Waals surface area contributed by atoms with Crippen molar-refractivity contribution in [3.8, 4) is 0 Å². The fraction of sp³-hybridized carbons (Fsp3) is 0.479. The summed E-state index contributed by atoms with van der Waals surface area (Å²) in [6.07, 6.45) is 1.21. The Labute approximate surface area is 427 Å². The largest absolute Gasteiger partial charge is 0.370 e. The molecule has 21 N–H and O–H groups in total. The number of hydrogen-bond acceptors (Lipinski definition) is 12. The van der Waals surface area contributed by atoms with Crippen LogP contribution in [0.3, 0.4) is 0 Å². The van der Waals surface area contributed by atoms with Gasteiger partial charge in [-0.25, -0.2) is 0 Å². The minimum absolute atomic E-state index is 0.0122. The SMILES string of the molecule is CC(=O)N[C@@H](CCCN=C(N)N)C(=O)NC1CCC(=O)NCCC[C@@H](C(N)=O)NC(=O)[C@H](Cc2c[nH]c3ccccc23)NC(=O)[C@H](CCCN=C(N)N)NC(=O)[C@@H](Cc2ccccc2)NC(=O)[C@H](CCN)NC1=O. The summed E-state index contributed by atoms with van der Waals surface area (Å²) in [6, 6.07) is 6.54. The van der Waals surface area contributed by atoms with Gasteiger partial charge in [-0.05, 0) is 75.1 Å². The number of H-pyrrole nitrogens is 1. The van der Waals surface area contributed by atoms with Crippen molar-refractivity contribution in [2.24, 2.45) is 44.4 Å². The molecule has 1 unspecified atom stereocenters. The van der Waals surface area contributed by atoms with Crippen molar-refractivity contribution >= 4 is 76.0 Å². The fourth-order valence-electron chi connectivity index (χ4n) is 8.10. The Morgan fingerprint density at radius 1 is 0.689 bits per heavy atom. The summed E-state index contributed by atoms with van der Waals surface area (Å²) in [7, 11) is 0. The highest BCUT2D eigenvalue weighted by molar-refractivity contribution is 5.98. The second-order valence-corrected chi connectivity index (χ2v) is 17.8. The predicted octanol–water partition coefficient (Wildman–Crippen LogP) is -4.00. The van der Waals surface area contributed by atoms with Crippen molar-refractivity contribution < 1.29 is 43.2 Å². The predicted molar refractivity (Wildman–Crippen MR) is 276 cm³/mol. The number of fused-ring (bicyclic) bond motifs is 1. The first-order chi connectivity index (χ1) is 35.3. The zero-order chi connectivity index (χ0) is 54.2. The van der Waals surface area contributed by atoms with Gasteiger partial charge in [-0.3, -0.25) is 53.1 Å². The number of aromatic nitrogens is 1. The van der Waals surface area contributed by atoms with Crippen LogP contribution in [0.4, 0.5) is 0 Å². The number of hydrogen-bond donors (Lipinski definition) is 15. The van der Waals surface area contributed by atoms with Crippen molar-refractivity contribution in [2.45, 2.75) is 120 Å². The highest BCUT2D eigenvalue weighted by atomic mass is 16.2. The molecule has 1 aromatic heterocycles. The van der Waals surface area contributed by atoms with Crippen molar-refractivity contribution in [3.63, 3.8) is 0 Å². The number of guanidine groups is 2. The van der Waals surface area contributed by atoms with E-state index in [2.05, 4.69) is 57.5 Å². The molecule has 4 rings (SSSR count). The third-order valence-corrected chi connectivity index (χ3v) is 11.9. The molecule has 2 aromatic carbocycles. The van der Waals surface area contributed by atoms with Gasteiger partial charge in [0.15, 0.2) is 11.9 Å². The molecule has 2 heterocycles. The van der Waals surface area contributed by atoms with E-state index in [9.17, 15) is 43.2 Å². The molecule has 3 aromatic rings. The minimum Gasteiger partial charge on any atom is -0.370 e. The summed E-state index contributed by atoms with van der Waals surface area (Å²) in [5, 5.41) is 22.1. The van der Waals surface area contributed by atoms with Crippen LogP contribution in [0.2, 0.25) is 0 Å². The van der Waals surface area contributed by atoms with Crippen LogP contribution >= 0.6 is 0 Å². The zero-order valence-electron chi connectivity index (χ0n) is 41.5. The van der Waals surface area contributed by atoms with E-state index >= 15 is 0 Å². The molecule has 26 heteroatoms. The smallest absolute Gasteiger partial charge is 0.243 e. The van der Waals surface area contributed by atoms with Crippen molar-refractivity contribution in [2.75, 3.05) is 26.2 Å². The number of nitrogens with two attached hydrogens (primary N) is 6. The Morgan fingerprint density at radius 3 is 1.92 bits per heavy atom. The lowest BCUT2D eigenvalue weighted by Gasteiger charge is -2.28. The molecular formula is C48H71N17O9. The normalized spacial score (nSPS) is 21.2. The van der Waals surface area contributed by atoms with Crippen LogP contribution in [0.15, 0.2) is 70.8 Å². The van der Waals surface area contributed by atoms with Gasteiger partial charge in [0.1, 0.15) is 42.3 Å². The van der Waals surface area contributed by atoms with Crippen molar-refractivity contribution in [1.82, 2.24) is 47.5 Å². The second-order valence-electron chi connectivity index (χ2n) is 17.8. The van der Waals surface area contributed by atoms with Gasteiger partial charge in [0, 0.05) is 62.9 Å². The number of para-hydroxylation sites is 1. The first kappa shape index (κ1) is 58.3. The average Bonchev–Trinajstić information content (AvgIpc) is 3.76. The Bertz CT molecular complexity index is 2480. The molecule has 1 fully saturated rings. The minimum atomic E-state index is -1.47. The Kier molecular flexibility index (Phi) is 23.6. The van der Waals surface area contributed by atoms with Gasteiger partial charge in [-0.2, -0.15) is 0 Å². The maximum Gasteiger partial charge on any atom is 0.243 e. The number of aromatic amines is 1. The quantitative estimate of drug-likeness (QED) is 0.0328. The van der Waals surface area contributed by atoms with Gasteiger partial charge < -0.3 is 81.9 Å². The van der Waals surface area contributed by atoms with Crippen LogP contribution in [-0.2, 0) is 56.0 Å². The van der Waals surface area contributed by atoms with Gasteiger partial charge in [0.2, 0.25) is 53.2 Å². The first-order valence-corrected chi connectivity index (χ1v) is 24.4. The number of amides is 9. The number of nitrogens with one attached hydrogen (secondary N) is 9. The Balaban J connectivity index is 1.75. The molecule has 0 radical (unpaired) electrons. The number of nitrogens with zero attached hydrogens (tertiary/aromatic N) is 2. The van der Waals surface area contributed by atoms with Crippen LogP contribution in [0.25, 0.3) is 10.9 Å². The zero-order valence-corrected chi connectivity index (χ0v) is 41.5. The highest BCUT2D eigenvalue weighted by Gasteiger charge is 2.35. The summed E-state index contributed by atoms with van der Waals surface area (Å²) in [5.74, 6) is -7.34. The number of rotatable bonds is 18. The summed E-state index contributed by atoms with van der Waals surface area (Å²) >= 11 is 0. The van der Waals surface area contributed by atoms with E-state index in [0.717, 1.165) is 10.9 Å². The number of primary amides is 1. The van der Waals surface area contributed by atoms with E-state index in [0.29, 0.717) is 11.1 Å². The van der Waals surface area contributed by atoms with Crippen molar-refractivity contribution in [1.29, 1.82) is 0 Å². The summed E-state index contributed by atoms with van der Waals surface area (Å²) in [4.78, 5) is 135. The molecular weight excluding hydrogens is 959 g/mol. The molecule has 1 aliphatic rings. The highest BCUT2D eigenvalue weighted by Crippen LogP contribution is 2.20. The lowest BCUT2D eigenvalue weighted by Crippen LogP contribution is -2.60. The van der Waals surface area contributed by atoms with E-state index in [1.807, 2.05) is 24.3 Å². The third kappa shape index (κ3) is 19.7. The lowest BCUT2D eigenvalue weighted by molar-refractivity contribution is -0.136. The number of benzene rings is 2. The second kappa shape index (κ2) is 29.9. The van der Waals surface area contributed by atoms with Crippen LogP contribution in [0.5, 0.6) is 0 Å². The van der Waals surface area contributed by atoms with E-state index < -0.39 is 95.5 Å². The molecule has 0 spiro atoms. The Hall–Kier alpha value is -8.29. The van der Waals surface area contributed by atoms with Gasteiger partial charge in [-0.1, -0.05) is 48.5 Å². The lowest BCUT2D eigenvalue weighted by atomic mass is 10.0. The van der Waals surface area contributed by atoms with Crippen LogP contribution in [0, 0.1) is 0 Å². The Morgan fingerprint density at radius 2 is 1.27 bits per heavy atom. The molecule has 0 aliphatic carbocycles. The van der Waals surface area contributed by atoms with E-state index in [-0.39, 0.29) is 109 Å². The number of carbonyl (C=O) groups excluding carboxylic acids is 9. The van der Waals surface area contributed by atoms with Gasteiger partial charge in [0.05, 0.1) is 0 Å². The topological polar surface area (TPSA) is 446 Å². The molecule has 26 nitrogen and oxygen atoms in total. The number of carbonyl (C=O) groups is 9. The maximum absolute atomic E-state index is 14.6. The number of aliphatic imine (C=N–C) groups is 2. The van der Waals surface area contributed by atoms with E-state index in [1.54, 1.807) is 36.5 Å². The van der Waals surface area contributed by atoms with Crippen LogP contribution in [0.1, 0.15) is 75.8 Å². The summed E-state index contributed by atoms with van der Waals surface area (Å²) < 4.78 is 0. The molecule has 1 aliphatic heterocycles. The maximum atomic E-state index is 14.6. The molecule has 74 heavy (non-hydrogen) atoms. The fourth-order valence-corrected chi connectivity index (χ4v) is 8.10. The molecule has 9 amide bonds. The molecule has 402 valence electrons. The van der Waals surface area contributed by atoms with E-state index in [1.165, 1.54) is 6.92 Å². The first-order valence-electron chi connectivity index (χ1n) is 24.4. The van der Waals surface area contributed by atoms with Crippen LogP contribution in [-0.4, -0.2) is 139 Å². The molecule has 7 atom stereocenters. The van der Waals surface area contributed by atoms with Gasteiger partial charge in [0.25, 0.3) is 0 Å². The van der Waals surface area contributed by atoms with Crippen LogP contribution < -0.4 is 76.9 Å². The monoisotopic (exact) mass is 1030 g/mol. The molecule has 1 saturated heterocycles. The molecule has 0 bridgehead atoms. The molecule has 0 saturated carbocycles.